The summed E-state index contributed by atoms with van der Waals surface area (Å²) >= 11 is 0. The number of nitrogens with two attached hydrogens (primary N) is 2. The second kappa shape index (κ2) is 6.70. The van der Waals surface area contributed by atoms with Gasteiger partial charge in [0.2, 0.25) is 11.8 Å². The maximum absolute atomic E-state index is 11.7. The van der Waals surface area contributed by atoms with Gasteiger partial charge >= 0.3 is 0 Å². The highest BCUT2D eigenvalue weighted by molar-refractivity contribution is 6.04. The molecule has 7 nitrogen and oxygen atoms in total. The van der Waals surface area contributed by atoms with Crippen LogP contribution in [0.15, 0.2) is 42.5 Å². The molecule has 0 radical (unpaired) electrons. The summed E-state index contributed by atoms with van der Waals surface area (Å²) in [5.41, 5.74) is 14.9. The molecule has 0 fully saturated rings. The molecule has 2 aromatic carbocycles. The van der Waals surface area contributed by atoms with Crippen LogP contribution in [-0.4, -0.2) is 23.6 Å². The molecule has 0 aliphatic rings. The molecular weight excluding hydrogens is 284 g/mol. The molecule has 7 N–H and O–H groups in total. The summed E-state index contributed by atoms with van der Waals surface area (Å²) in [7, 11) is 0. The summed E-state index contributed by atoms with van der Waals surface area (Å²) < 4.78 is 0. The number of hydrogen-bond donors (Lipinski definition) is 5. The number of amides is 2. The van der Waals surface area contributed by atoms with Gasteiger partial charge in [-0.2, -0.15) is 0 Å². The van der Waals surface area contributed by atoms with Gasteiger partial charge in [-0.25, -0.2) is 0 Å². The lowest BCUT2D eigenvalue weighted by molar-refractivity contribution is -0.114. The third-order valence-corrected chi connectivity index (χ3v) is 3.09. The minimum absolute atomic E-state index is 0.148. The number of anilines is 2. The number of carbonyl (C=O) groups is 2. The SMILES string of the molecule is NCC(=O)Nc1ccccc1-c1ccc(NO)cc1C(N)=O. The van der Waals surface area contributed by atoms with E-state index in [1.807, 2.05) is 5.48 Å². The number of primary amides is 1. The lowest BCUT2D eigenvalue weighted by Crippen LogP contribution is -2.22. The van der Waals surface area contributed by atoms with Crippen molar-refractivity contribution in [1.82, 2.24) is 0 Å². The standard InChI is InChI=1S/C15H16N4O3/c16-8-14(20)18-13-4-2-1-3-11(13)10-6-5-9(19-22)7-12(10)15(17)21/h1-7,19,22H,8,16H2,(H2,17,21)(H,18,20). The van der Waals surface area contributed by atoms with E-state index >= 15 is 0 Å². The molecule has 2 amide bonds. The fraction of sp³-hybridized carbons (Fsp3) is 0.0667. The molecule has 0 saturated carbocycles. The van der Waals surface area contributed by atoms with Gasteiger partial charge in [-0.1, -0.05) is 24.3 Å². The van der Waals surface area contributed by atoms with E-state index in [0.29, 0.717) is 22.5 Å². The molecule has 0 bridgehead atoms. The number of rotatable bonds is 5. The third-order valence-electron chi connectivity index (χ3n) is 3.09. The maximum atomic E-state index is 11.7. The van der Waals surface area contributed by atoms with Gasteiger partial charge in [0, 0.05) is 16.8 Å². The maximum Gasteiger partial charge on any atom is 0.249 e. The Bertz CT molecular complexity index is 716. The van der Waals surface area contributed by atoms with Gasteiger partial charge in [-0.3, -0.25) is 20.3 Å². The van der Waals surface area contributed by atoms with Crippen LogP contribution in [-0.2, 0) is 4.79 Å². The van der Waals surface area contributed by atoms with Crippen molar-refractivity contribution < 1.29 is 14.8 Å². The van der Waals surface area contributed by atoms with E-state index in [9.17, 15) is 9.59 Å². The molecule has 2 aromatic rings. The summed E-state index contributed by atoms with van der Waals surface area (Å²) in [6, 6.07) is 11.6. The Morgan fingerprint density at radius 2 is 1.82 bits per heavy atom. The van der Waals surface area contributed by atoms with Crippen LogP contribution in [0.2, 0.25) is 0 Å². The number of para-hydroxylation sites is 1. The molecule has 0 spiro atoms. The lowest BCUT2D eigenvalue weighted by atomic mass is 9.97. The Labute approximate surface area is 126 Å². The van der Waals surface area contributed by atoms with Crippen LogP contribution >= 0.6 is 0 Å². The number of nitrogens with one attached hydrogen (secondary N) is 2. The Hall–Kier alpha value is -2.90. The van der Waals surface area contributed by atoms with Crippen molar-refractivity contribution in [2.24, 2.45) is 11.5 Å². The molecule has 114 valence electrons. The highest BCUT2D eigenvalue weighted by Crippen LogP contribution is 2.32. The van der Waals surface area contributed by atoms with Crippen LogP contribution < -0.4 is 22.3 Å². The van der Waals surface area contributed by atoms with Gasteiger partial charge in [-0.15, -0.1) is 0 Å². The monoisotopic (exact) mass is 300 g/mol. The average Bonchev–Trinajstić information content (AvgIpc) is 2.54. The first-order valence-corrected chi connectivity index (χ1v) is 6.50. The van der Waals surface area contributed by atoms with Gasteiger partial charge in [0.05, 0.1) is 12.2 Å². The summed E-state index contributed by atoms with van der Waals surface area (Å²) in [6.07, 6.45) is 0. The zero-order chi connectivity index (χ0) is 16.1. The Morgan fingerprint density at radius 1 is 1.09 bits per heavy atom. The summed E-state index contributed by atoms with van der Waals surface area (Å²) in [6.45, 7) is -0.148. The summed E-state index contributed by atoms with van der Waals surface area (Å²) in [5.74, 6) is -0.992. The molecule has 22 heavy (non-hydrogen) atoms. The van der Waals surface area contributed by atoms with Crippen LogP contribution in [0.5, 0.6) is 0 Å². The van der Waals surface area contributed by atoms with Crippen LogP contribution in [0.4, 0.5) is 11.4 Å². The highest BCUT2D eigenvalue weighted by atomic mass is 16.5. The molecule has 0 aromatic heterocycles. The second-order valence-corrected chi connectivity index (χ2v) is 4.53. The molecule has 0 aliphatic carbocycles. The van der Waals surface area contributed by atoms with E-state index in [1.54, 1.807) is 36.4 Å². The predicted molar refractivity (Wildman–Crippen MR) is 83.5 cm³/mol. The first kappa shape index (κ1) is 15.5. The number of benzene rings is 2. The van der Waals surface area contributed by atoms with Crippen molar-refractivity contribution in [2.45, 2.75) is 0 Å². The van der Waals surface area contributed by atoms with Crippen molar-refractivity contribution in [3.63, 3.8) is 0 Å². The first-order valence-electron chi connectivity index (χ1n) is 6.50. The molecule has 7 heteroatoms. The Kier molecular flexibility index (Phi) is 4.72. The normalized spacial score (nSPS) is 10.1. The largest absolute Gasteiger partial charge is 0.366 e. The van der Waals surface area contributed by atoms with Gasteiger partial charge in [0.1, 0.15) is 0 Å². The second-order valence-electron chi connectivity index (χ2n) is 4.53. The van der Waals surface area contributed by atoms with Crippen molar-refractivity contribution in [2.75, 3.05) is 17.3 Å². The van der Waals surface area contributed by atoms with E-state index in [-0.39, 0.29) is 18.0 Å². The summed E-state index contributed by atoms with van der Waals surface area (Å²) in [5, 5.41) is 11.6. The lowest BCUT2D eigenvalue weighted by Gasteiger charge is -2.14. The minimum atomic E-state index is -0.646. The fourth-order valence-electron chi connectivity index (χ4n) is 2.08. The van der Waals surface area contributed by atoms with E-state index in [2.05, 4.69) is 5.32 Å². The number of carbonyl (C=O) groups excluding carboxylic acids is 2. The quantitative estimate of drug-likeness (QED) is 0.529. The molecule has 2 rings (SSSR count). The van der Waals surface area contributed by atoms with Crippen LogP contribution in [0.3, 0.4) is 0 Å². The van der Waals surface area contributed by atoms with Crippen LogP contribution in [0, 0.1) is 0 Å². The molecule has 0 aliphatic heterocycles. The van der Waals surface area contributed by atoms with E-state index in [0.717, 1.165) is 0 Å². The van der Waals surface area contributed by atoms with Crippen LogP contribution in [0.25, 0.3) is 11.1 Å². The molecule has 0 saturated heterocycles. The van der Waals surface area contributed by atoms with Gasteiger partial charge in [-0.05, 0) is 23.8 Å². The predicted octanol–water partition coefficient (Wildman–Crippen LogP) is 1.15. The Morgan fingerprint density at radius 3 is 2.45 bits per heavy atom. The molecular formula is C15H16N4O3. The molecule has 0 atom stereocenters. The van der Waals surface area contributed by atoms with Crippen molar-refractivity contribution >= 4 is 23.2 Å². The molecule has 0 unspecified atom stereocenters. The summed E-state index contributed by atoms with van der Waals surface area (Å²) in [4.78, 5) is 23.2. The van der Waals surface area contributed by atoms with Gasteiger partial charge in [0.15, 0.2) is 0 Å². The zero-order valence-electron chi connectivity index (χ0n) is 11.7. The van der Waals surface area contributed by atoms with Gasteiger partial charge in [0.25, 0.3) is 0 Å². The van der Waals surface area contributed by atoms with E-state index in [1.165, 1.54) is 6.07 Å². The van der Waals surface area contributed by atoms with E-state index < -0.39 is 5.91 Å². The van der Waals surface area contributed by atoms with Crippen molar-refractivity contribution in [3.8, 4) is 11.1 Å². The van der Waals surface area contributed by atoms with Gasteiger partial charge < -0.3 is 16.8 Å². The molecule has 0 heterocycles. The third kappa shape index (κ3) is 3.22. The zero-order valence-corrected chi connectivity index (χ0v) is 11.7. The average molecular weight is 300 g/mol. The first-order chi connectivity index (χ1) is 10.6. The highest BCUT2D eigenvalue weighted by Gasteiger charge is 2.14. The fourth-order valence-corrected chi connectivity index (χ4v) is 2.08. The topological polar surface area (TPSA) is 130 Å². The van der Waals surface area contributed by atoms with Crippen molar-refractivity contribution in [1.29, 1.82) is 0 Å². The minimum Gasteiger partial charge on any atom is -0.366 e. The van der Waals surface area contributed by atoms with E-state index in [4.69, 9.17) is 16.7 Å². The van der Waals surface area contributed by atoms with Crippen LogP contribution in [0.1, 0.15) is 10.4 Å². The number of hydrogen-bond acceptors (Lipinski definition) is 5. The van der Waals surface area contributed by atoms with Crippen molar-refractivity contribution in [3.05, 3.63) is 48.0 Å². The smallest absolute Gasteiger partial charge is 0.249 e. The Balaban J connectivity index is 2.56.